The van der Waals surface area contributed by atoms with Gasteiger partial charge in [-0.15, -0.1) is 0 Å². The van der Waals surface area contributed by atoms with Crippen molar-refractivity contribution in [3.05, 3.63) is 48.5 Å². The summed E-state index contributed by atoms with van der Waals surface area (Å²) in [5.74, 6) is 0.465. The van der Waals surface area contributed by atoms with Crippen LogP contribution in [0.5, 0.6) is 0 Å². The molecule has 76 valence electrons. The lowest BCUT2D eigenvalue weighted by atomic mass is 10.0. The van der Waals surface area contributed by atoms with Crippen LogP contribution in [-0.2, 0) is 0 Å². The third-order valence-electron chi connectivity index (χ3n) is 2.39. The fourth-order valence-corrected chi connectivity index (χ4v) is 1.49. The predicted octanol–water partition coefficient (Wildman–Crippen LogP) is 3.27. The van der Waals surface area contributed by atoms with Gasteiger partial charge in [-0.1, -0.05) is 13.8 Å². The van der Waals surface area contributed by atoms with Gasteiger partial charge in [-0.25, -0.2) is 0 Å². The van der Waals surface area contributed by atoms with Crippen molar-refractivity contribution in [1.29, 1.82) is 0 Å². The molecule has 0 unspecified atom stereocenters. The molecular weight excluding hydrogens is 184 g/mol. The molecule has 0 aliphatic heterocycles. The fraction of sp³-hybridized carbons (Fsp3) is 0.231. The summed E-state index contributed by atoms with van der Waals surface area (Å²) in [4.78, 5) is 8.36. The van der Waals surface area contributed by atoms with Crippen LogP contribution in [0.25, 0.3) is 11.1 Å². The Hall–Kier alpha value is -1.70. The number of nitrogens with zero attached hydrogens (tertiary/aromatic N) is 2. The van der Waals surface area contributed by atoms with E-state index in [2.05, 4.69) is 29.9 Å². The van der Waals surface area contributed by atoms with Crippen LogP contribution < -0.4 is 0 Å². The Kier molecular flexibility index (Phi) is 2.77. The lowest BCUT2D eigenvalue weighted by Gasteiger charge is -2.06. The van der Waals surface area contributed by atoms with Gasteiger partial charge in [0.15, 0.2) is 0 Å². The summed E-state index contributed by atoms with van der Waals surface area (Å²) >= 11 is 0. The van der Waals surface area contributed by atoms with Crippen LogP contribution in [0.4, 0.5) is 0 Å². The molecule has 0 saturated carbocycles. The quantitative estimate of drug-likeness (QED) is 0.740. The van der Waals surface area contributed by atoms with E-state index in [4.69, 9.17) is 0 Å². The third kappa shape index (κ3) is 2.21. The van der Waals surface area contributed by atoms with Crippen molar-refractivity contribution in [3.63, 3.8) is 0 Å². The van der Waals surface area contributed by atoms with Crippen LogP contribution in [-0.4, -0.2) is 9.97 Å². The van der Waals surface area contributed by atoms with E-state index in [-0.39, 0.29) is 0 Å². The molecular formula is C13H14N2. The second-order valence-electron chi connectivity index (χ2n) is 3.86. The van der Waals surface area contributed by atoms with Crippen molar-refractivity contribution in [3.8, 4) is 11.1 Å². The van der Waals surface area contributed by atoms with E-state index in [0.717, 1.165) is 5.69 Å². The molecule has 2 rings (SSSR count). The van der Waals surface area contributed by atoms with Crippen molar-refractivity contribution in [1.82, 2.24) is 9.97 Å². The van der Waals surface area contributed by atoms with Gasteiger partial charge >= 0.3 is 0 Å². The lowest BCUT2D eigenvalue weighted by Crippen LogP contribution is -1.92. The zero-order valence-electron chi connectivity index (χ0n) is 9.01. The summed E-state index contributed by atoms with van der Waals surface area (Å²) in [5, 5.41) is 0. The minimum atomic E-state index is 0.465. The van der Waals surface area contributed by atoms with Crippen LogP contribution in [0, 0.1) is 0 Å². The number of aromatic nitrogens is 2. The summed E-state index contributed by atoms with van der Waals surface area (Å²) in [6.45, 7) is 4.30. The molecule has 2 aromatic rings. The van der Waals surface area contributed by atoms with Gasteiger partial charge < -0.3 is 0 Å². The van der Waals surface area contributed by atoms with Crippen molar-refractivity contribution < 1.29 is 0 Å². The molecule has 0 N–H and O–H groups in total. The Bertz CT molecular complexity index is 435. The Labute approximate surface area is 90.0 Å². The first-order valence-corrected chi connectivity index (χ1v) is 5.13. The largest absolute Gasteiger partial charge is 0.265 e. The van der Waals surface area contributed by atoms with E-state index in [1.807, 2.05) is 36.8 Å². The first kappa shape index (κ1) is 9.84. The predicted molar refractivity (Wildman–Crippen MR) is 61.6 cm³/mol. The summed E-state index contributed by atoms with van der Waals surface area (Å²) in [7, 11) is 0. The highest BCUT2D eigenvalue weighted by atomic mass is 14.7. The van der Waals surface area contributed by atoms with Crippen molar-refractivity contribution in [2.45, 2.75) is 19.8 Å². The van der Waals surface area contributed by atoms with Gasteiger partial charge in [-0.05, 0) is 41.3 Å². The SMILES string of the molecule is CC(C)c1cc(-c2ccncc2)ccn1. The number of pyridine rings is 2. The topological polar surface area (TPSA) is 25.8 Å². The molecule has 0 amide bonds. The summed E-state index contributed by atoms with van der Waals surface area (Å²) < 4.78 is 0. The van der Waals surface area contributed by atoms with Gasteiger partial charge in [0.1, 0.15) is 0 Å². The molecule has 0 bridgehead atoms. The zero-order valence-corrected chi connectivity index (χ0v) is 9.01. The fourth-order valence-electron chi connectivity index (χ4n) is 1.49. The molecule has 0 spiro atoms. The van der Waals surface area contributed by atoms with Gasteiger partial charge in [0.25, 0.3) is 0 Å². The second kappa shape index (κ2) is 4.22. The lowest BCUT2D eigenvalue weighted by molar-refractivity contribution is 0.823. The smallest absolute Gasteiger partial charge is 0.0435 e. The number of hydrogen-bond donors (Lipinski definition) is 0. The summed E-state index contributed by atoms with van der Waals surface area (Å²) in [6, 6.07) is 8.19. The molecule has 2 heteroatoms. The molecule has 0 fully saturated rings. The molecule has 2 aromatic heterocycles. The number of rotatable bonds is 2. The second-order valence-corrected chi connectivity index (χ2v) is 3.86. The van der Waals surface area contributed by atoms with Crippen LogP contribution >= 0.6 is 0 Å². The maximum absolute atomic E-state index is 4.35. The highest BCUT2D eigenvalue weighted by Gasteiger charge is 2.02. The summed E-state index contributed by atoms with van der Waals surface area (Å²) in [6.07, 6.45) is 5.49. The van der Waals surface area contributed by atoms with Crippen molar-refractivity contribution in [2.24, 2.45) is 0 Å². The number of hydrogen-bond acceptors (Lipinski definition) is 2. The maximum atomic E-state index is 4.35. The van der Waals surface area contributed by atoms with Crippen LogP contribution in [0.15, 0.2) is 42.9 Å². The van der Waals surface area contributed by atoms with Gasteiger partial charge in [-0.3, -0.25) is 9.97 Å². The molecule has 2 heterocycles. The maximum Gasteiger partial charge on any atom is 0.0435 e. The van der Waals surface area contributed by atoms with Gasteiger partial charge in [0.05, 0.1) is 0 Å². The minimum Gasteiger partial charge on any atom is -0.265 e. The Balaban J connectivity index is 2.42. The van der Waals surface area contributed by atoms with Crippen LogP contribution in [0.1, 0.15) is 25.5 Å². The highest BCUT2D eigenvalue weighted by molar-refractivity contribution is 5.62. The molecule has 0 aliphatic carbocycles. The van der Waals surface area contributed by atoms with Gasteiger partial charge in [0.2, 0.25) is 0 Å². The van der Waals surface area contributed by atoms with Crippen molar-refractivity contribution in [2.75, 3.05) is 0 Å². The molecule has 0 atom stereocenters. The average molecular weight is 198 g/mol. The zero-order chi connectivity index (χ0) is 10.7. The molecule has 0 aromatic carbocycles. The van der Waals surface area contributed by atoms with E-state index in [1.165, 1.54) is 11.1 Å². The Morgan fingerprint density at radius 2 is 1.60 bits per heavy atom. The highest BCUT2D eigenvalue weighted by Crippen LogP contribution is 2.21. The van der Waals surface area contributed by atoms with E-state index in [0.29, 0.717) is 5.92 Å². The van der Waals surface area contributed by atoms with E-state index < -0.39 is 0 Å². The molecule has 15 heavy (non-hydrogen) atoms. The normalized spacial score (nSPS) is 10.6. The molecule has 0 saturated heterocycles. The summed E-state index contributed by atoms with van der Waals surface area (Å²) in [5.41, 5.74) is 3.52. The van der Waals surface area contributed by atoms with Crippen LogP contribution in [0.2, 0.25) is 0 Å². The van der Waals surface area contributed by atoms with Crippen molar-refractivity contribution >= 4 is 0 Å². The standard InChI is InChI=1S/C13H14N2/c1-10(2)13-9-12(5-8-15-13)11-3-6-14-7-4-11/h3-10H,1-2H3. The van der Waals surface area contributed by atoms with Gasteiger partial charge in [0, 0.05) is 24.3 Å². The Morgan fingerprint density at radius 3 is 2.27 bits per heavy atom. The molecule has 0 radical (unpaired) electrons. The first-order chi connectivity index (χ1) is 7.27. The first-order valence-electron chi connectivity index (χ1n) is 5.13. The van der Waals surface area contributed by atoms with Crippen LogP contribution in [0.3, 0.4) is 0 Å². The molecule has 2 nitrogen and oxygen atoms in total. The average Bonchev–Trinajstić information content (AvgIpc) is 2.30. The van der Waals surface area contributed by atoms with Gasteiger partial charge in [-0.2, -0.15) is 0 Å². The third-order valence-corrected chi connectivity index (χ3v) is 2.39. The van der Waals surface area contributed by atoms with E-state index in [9.17, 15) is 0 Å². The van der Waals surface area contributed by atoms with E-state index >= 15 is 0 Å². The Morgan fingerprint density at radius 1 is 0.933 bits per heavy atom. The monoisotopic (exact) mass is 198 g/mol. The minimum absolute atomic E-state index is 0.465. The molecule has 0 aliphatic rings. The van der Waals surface area contributed by atoms with E-state index in [1.54, 1.807) is 0 Å².